The largest absolute Gasteiger partial charge is 0.307 e. The summed E-state index contributed by atoms with van der Waals surface area (Å²) in [4.78, 5) is 0. The molecule has 1 fully saturated rings. The Hall–Kier alpha value is -0.410. The molecule has 1 saturated carbocycles. The van der Waals surface area contributed by atoms with E-state index in [0.29, 0.717) is 12.0 Å². The van der Waals surface area contributed by atoms with Crippen LogP contribution in [0.25, 0.3) is 0 Å². The minimum absolute atomic E-state index is 0.0638. The van der Waals surface area contributed by atoms with Crippen molar-refractivity contribution in [1.82, 2.24) is 5.32 Å². The molecule has 1 nitrogen and oxygen atoms in total. The molecular formula is C16H23BrFN. The van der Waals surface area contributed by atoms with E-state index in [1.54, 1.807) is 6.07 Å². The predicted octanol–water partition coefficient (Wildman–Crippen LogP) is 5.06. The average molecular weight is 328 g/mol. The molecule has 4 atom stereocenters. The van der Waals surface area contributed by atoms with Crippen LogP contribution in [0.5, 0.6) is 0 Å². The molecule has 1 aliphatic rings. The van der Waals surface area contributed by atoms with E-state index in [0.717, 1.165) is 16.0 Å². The maximum absolute atomic E-state index is 13.9. The summed E-state index contributed by atoms with van der Waals surface area (Å²) >= 11 is 3.30. The summed E-state index contributed by atoms with van der Waals surface area (Å²) in [5.41, 5.74) is 0.758. The van der Waals surface area contributed by atoms with Crippen LogP contribution in [0.15, 0.2) is 22.7 Å². The quantitative estimate of drug-likeness (QED) is 0.817. The Kier molecular flexibility index (Phi) is 5.02. The van der Waals surface area contributed by atoms with E-state index in [-0.39, 0.29) is 11.9 Å². The third kappa shape index (κ3) is 3.79. The Morgan fingerprint density at radius 3 is 2.68 bits per heavy atom. The van der Waals surface area contributed by atoms with Crippen LogP contribution in [0.3, 0.4) is 0 Å². The molecule has 0 spiro atoms. The second-order valence-electron chi connectivity index (χ2n) is 6.06. The minimum Gasteiger partial charge on any atom is -0.307 e. The molecule has 4 unspecified atom stereocenters. The monoisotopic (exact) mass is 327 g/mol. The van der Waals surface area contributed by atoms with E-state index >= 15 is 0 Å². The predicted molar refractivity (Wildman–Crippen MR) is 81.6 cm³/mol. The van der Waals surface area contributed by atoms with Crippen molar-refractivity contribution in [3.63, 3.8) is 0 Å². The first-order valence-corrected chi connectivity index (χ1v) is 7.97. The lowest BCUT2D eigenvalue weighted by molar-refractivity contribution is 0.215. The van der Waals surface area contributed by atoms with Crippen molar-refractivity contribution in [3.05, 3.63) is 34.1 Å². The third-order valence-electron chi connectivity index (χ3n) is 4.32. The smallest absolute Gasteiger partial charge is 0.129 e. The van der Waals surface area contributed by atoms with E-state index in [1.165, 1.54) is 19.3 Å². The lowest BCUT2D eigenvalue weighted by Crippen LogP contribution is -2.40. The molecule has 19 heavy (non-hydrogen) atoms. The second kappa shape index (κ2) is 6.36. The van der Waals surface area contributed by atoms with Crippen LogP contribution in [0.1, 0.15) is 51.6 Å². The van der Waals surface area contributed by atoms with Gasteiger partial charge in [-0.15, -0.1) is 0 Å². The van der Waals surface area contributed by atoms with E-state index < -0.39 is 0 Å². The normalized spacial score (nSPS) is 29.2. The van der Waals surface area contributed by atoms with Crippen LogP contribution < -0.4 is 5.32 Å². The molecule has 1 N–H and O–H groups in total. The molecule has 2 rings (SSSR count). The molecule has 3 heteroatoms. The number of halogens is 2. The molecule has 0 amide bonds. The average Bonchev–Trinajstić information content (AvgIpc) is 2.32. The van der Waals surface area contributed by atoms with E-state index in [9.17, 15) is 4.39 Å². The highest BCUT2D eigenvalue weighted by Crippen LogP contribution is 2.30. The third-order valence-corrected chi connectivity index (χ3v) is 4.82. The van der Waals surface area contributed by atoms with Gasteiger partial charge >= 0.3 is 0 Å². The molecular weight excluding hydrogens is 305 g/mol. The molecule has 0 heterocycles. The second-order valence-corrected chi connectivity index (χ2v) is 6.97. The Labute approximate surface area is 124 Å². The van der Waals surface area contributed by atoms with Crippen LogP contribution in [-0.4, -0.2) is 6.04 Å². The zero-order chi connectivity index (χ0) is 14.0. The Balaban J connectivity index is 2.02. The van der Waals surface area contributed by atoms with Gasteiger partial charge in [0.05, 0.1) is 0 Å². The first kappa shape index (κ1) is 15.0. The fraction of sp³-hybridized carbons (Fsp3) is 0.625. The zero-order valence-electron chi connectivity index (χ0n) is 11.9. The fourth-order valence-corrected chi connectivity index (χ4v) is 3.51. The number of hydrogen-bond donors (Lipinski definition) is 1. The summed E-state index contributed by atoms with van der Waals surface area (Å²) < 4.78 is 14.7. The number of rotatable bonds is 3. The lowest BCUT2D eigenvalue weighted by Gasteiger charge is -2.35. The van der Waals surface area contributed by atoms with Crippen molar-refractivity contribution < 1.29 is 4.39 Å². The molecule has 0 radical (unpaired) electrons. The number of hydrogen-bond acceptors (Lipinski definition) is 1. The van der Waals surface area contributed by atoms with Gasteiger partial charge in [-0.2, -0.15) is 0 Å². The van der Waals surface area contributed by atoms with Crippen LogP contribution in [-0.2, 0) is 0 Å². The summed E-state index contributed by atoms with van der Waals surface area (Å²) in [6, 6.07) is 5.89. The van der Waals surface area contributed by atoms with Gasteiger partial charge in [0, 0.05) is 22.1 Å². The van der Waals surface area contributed by atoms with Crippen molar-refractivity contribution in [2.45, 2.75) is 52.1 Å². The van der Waals surface area contributed by atoms with Gasteiger partial charge in [0.2, 0.25) is 0 Å². The molecule has 0 aromatic heterocycles. The molecule has 0 aliphatic heterocycles. The van der Waals surface area contributed by atoms with E-state index in [1.807, 2.05) is 12.1 Å². The molecule has 1 aliphatic carbocycles. The molecule has 1 aromatic carbocycles. The van der Waals surface area contributed by atoms with E-state index in [4.69, 9.17) is 0 Å². The SMILES string of the molecule is CC1CCC(NC(C)c2ccc(Br)cc2F)C(C)C1. The zero-order valence-corrected chi connectivity index (χ0v) is 13.5. The summed E-state index contributed by atoms with van der Waals surface area (Å²) in [7, 11) is 0. The van der Waals surface area contributed by atoms with Gasteiger partial charge in [0.25, 0.3) is 0 Å². The van der Waals surface area contributed by atoms with E-state index in [2.05, 4.69) is 42.0 Å². The van der Waals surface area contributed by atoms with Gasteiger partial charge in [0.15, 0.2) is 0 Å². The van der Waals surface area contributed by atoms with Crippen molar-refractivity contribution in [2.75, 3.05) is 0 Å². The first-order valence-electron chi connectivity index (χ1n) is 7.18. The van der Waals surface area contributed by atoms with Crippen LogP contribution in [0, 0.1) is 17.7 Å². The van der Waals surface area contributed by atoms with Gasteiger partial charge in [0.1, 0.15) is 5.82 Å². The Morgan fingerprint density at radius 1 is 1.32 bits per heavy atom. The van der Waals surface area contributed by atoms with Crippen molar-refractivity contribution in [3.8, 4) is 0 Å². The van der Waals surface area contributed by atoms with Gasteiger partial charge in [-0.25, -0.2) is 4.39 Å². The van der Waals surface area contributed by atoms with Crippen molar-refractivity contribution in [2.24, 2.45) is 11.8 Å². The molecule has 106 valence electrons. The minimum atomic E-state index is -0.133. The standard InChI is InChI=1S/C16H23BrFN/c1-10-4-7-16(11(2)8-10)19-12(3)14-6-5-13(17)9-15(14)18/h5-6,9-12,16,19H,4,7-8H2,1-3H3. The summed E-state index contributed by atoms with van der Waals surface area (Å²) in [6.45, 7) is 6.68. The lowest BCUT2D eigenvalue weighted by atomic mass is 9.79. The fourth-order valence-electron chi connectivity index (χ4n) is 3.18. The summed E-state index contributed by atoms with van der Waals surface area (Å²) in [6.07, 6.45) is 3.75. The topological polar surface area (TPSA) is 12.0 Å². The maximum Gasteiger partial charge on any atom is 0.129 e. The summed E-state index contributed by atoms with van der Waals surface area (Å²) in [5, 5.41) is 3.61. The highest BCUT2D eigenvalue weighted by atomic mass is 79.9. The summed E-state index contributed by atoms with van der Waals surface area (Å²) in [5.74, 6) is 1.36. The Bertz CT molecular complexity index is 435. The van der Waals surface area contributed by atoms with Crippen molar-refractivity contribution in [1.29, 1.82) is 0 Å². The Morgan fingerprint density at radius 2 is 2.05 bits per heavy atom. The van der Waals surface area contributed by atoms with Gasteiger partial charge in [-0.1, -0.05) is 35.8 Å². The first-order chi connectivity index (χ1) is 8.97. The van der Waals surface area contributed by atoms with Gasteiger partial charge < -0.3 is 5.32 Å². The van der Waals surface area contributed by atoms with Crippen molar-refractivity contribution >= 4 is 15.9 Å². The van der Waals surface area contributed by atoms with Gasteiger partial charge in [-0.3, -0.25) is 0 Å². The highest BCUT2D eigenvalue weighted by Gasteiger charge is 2.26. The van der Waals surface area contributed by atoms with Crippen LogP contribution >= 0.6 is 15.9 Å². The molecule has 1 aromatic rings. The highest BCUT2D eigenvalue weighted by molar-refractivity contribution is 9.10. The molecule has 0 saturated heterocycles. The van der Waals surface area contributed by atoms with Gasteiger partial charge in [-0.05, 0) is 50.2 Å². The number of benzene rings is 1. The van der Waals surface area contributed by atoms with Crippen LogP contribution in [0.2, 0.25) is 0 Å². The molecule has 0 bridgehead atoms. The van der Waals surface area contributed by atoms with Crippen LogP contribution in [0.4, 0.5) is 4.39 Å². The number of nitrogens with one attached hydrogen (secondary N) is 1. The maximum atomic E-state index is 13.9.